The summed E-state index contributed by atoms with van der Waals surface area (Å²) in [6.45, 7) is 4.04. The molecule has 1 amide bonds. The molecule has 1 aromatic heterocycles. The standard InChI is InChI=1S/C23H19ClN4O/c1-15-6-8-17(9-7-15)22-26-21(23(29)25-19-12-10-18(24)11-13-19)27-28(22)20-5-3-4-16(2)14-20/h3-14H,1-2H3,(H,25,29). The lowest BCUT2D eigenvalue weighted by atomic mass is 10.1. The van der Waals surface area contributed by atoms with Gasteiger partial charge in [-0.2, -0.15) is 0 Å². The molecule has 5 nitrogen and oxygen atoms in total. The highest BCUT2D eigenvalue weighted by molar-refractivity contribution is 6.30. The predicted octanol–water partition coefficient (Wildman–Crippen LogP) is 5.46. The monoisotopic (exact) mass is 402 g/mol. The van der Waals surface area contributed by atoms with E-state index in [1.807, 2.05) is 62.4 Å². The molecule has 29 heavy (non-hydrogen) atoms. The number of aryl methyl sites for hydroxylation is 2. The number of rotatable bonds is 4. The van der Waals surface area contributed by atoms with E-state index < -0.39 is 0 Å². The number of nitrogens with one attached hydrogen (secondary N) is 1. The van der Waals surface area contributed by atoms with Gasteiger partial charge < -0.3 is 5.32 Å². The quantitative estimate of drug-likeness (QED) is 0.493. The van der Waals surface area contributed by atoms with E-state index in [4.69, 9.17) is 11.6 Å². The summed E-state index contributed by atoms with van der Waals surface area (Å²) < 4.78 is 1.70. The lowest BCUT2D eigenvalue weighted by molar-refractivity contribution is 0.101. The van der Waals surface area contributed by atoms with Crippen molar-refractivity contribution in [2.45, 2.75) is 13.8 Å². The van der Waals surface area contributed by atoms with E-state index in [2.05, 4.69) is 15.4 Å². The van der Waals surface area contributed by atoms with E-state index in [9.17, 15) is 4.79 Å². The van der Waals surface area contributed by atoms with Gasteiger partial charge in [0.1, 0.15) is 0 Å². The number of hydrogen-bond acceptors (Lipinski definition) is 3. The van der Waals surface area contributed by atoms with Gasteiger partial charge in [0.25, 0.3) is 5.91 Å². The molecule has 0 aliphatic carbocycles. The summed E-state index contributed by atoms with van der Waals surface area (Å²) in [6, 6.07) is 22.8. The molecular weight excluding hydrogens is 384 g/mol. The second-order valence-corrected chi connectivity index (χ2v) is 7.27. The average molecular weight is 403 g/mol. The van der Waals surface area contributed by atoms with Crippen LogP contribution in [-0.4, -0.2) is 20.7 Å². The maximum atomic E-state index is 12.8. The Morgan fingerprint density at radius 3 is 2.34 bits per heavy atom. The van der Waals surface area contributed by atoms with Crippen molar-refractivity contribution in [1.82, 2.24) is 14.8 Å². The van der Waals surface area contributed by atoms with Crippen molar-refractivity contribution in [1.29, 1.82) is 0 Å². The third kappa shape index (κ3) is 4.20. The van der Waals surface area contributed by atoms with Gasteiger partial charge in [-0.3, -0.25) is 4.79 Å². The van der Waals surface area contributed by atoms with Gasteiger partial charge in [-0.15, -0.1) is 5.10 Å². The Labute approximate surface area is 174 Å². The Bertz CT molecular complexity index is 1160. The highest BCUT2D eigenvalue weighted by Gasteiger charge is 2.19. The summed E-state index contributed by atoms with van der Waals surface area (Å²) in [4.78, 5) is 17.3. The maximum absolute atomic E-state index is 12.8. The molecule has 0 radical (unpaired) electrons. The first-order valence-corrected chi connectivity index (χ1v) is 9.55. The van der Waals surface area contributed by atoms with Crippen LogP contribution in [-0.2, 0) is 0 Å². The molecule has 0 fully saturated rings. The molecule has 0 saturated heterocycles. The molecule has 1 heterocycles. The Morgan fingerprint density at radius 1 is 0.931 bits per heavy atom. The Hall–Kier alpha value is -3.44. The first-order valence-electron chi connectivity index (χ1n) is 9.18. The number of hydrogen-bond donors (Lipinski definition) is 1. The van der Waals surface area contributed by atoms with E-state index in [0.717, 1.165) is 22.4 Å². The Morgan fingerprint density at radius 2 is 1.66 bits per heavy atom. The van der Waals surface area contributed by atoms with Gasteiger partial charge >= 0.3 is 0 Å². The molecule has 3 aromatic carbocycles. The minimum atomic E-state index is -0.382. The SMILES string of the molecule is Cc1ccc(-c2nc(C(=O)Nc3ccc(Cl)cc3)nn2-c2cccc(C)c2)cc1. The molecule has 144 valence electrons. The highest BCUT2D eigenvalue weighted by atomic mass is 35.5. The fraction of sp³-hybridized carbons (Fsp3) is 0.0870. The lowest BCUT2D eigenvalue weighted by Gasteiger charge is -2.07. The number of anilines is 1. The molecule has 1 N–H and O–H groups in total. The summed E-state index contributed by atoms with van der Waals surface area (Å²) in [5, 5.41) is 7.92. The van der Waals surface area contributed by atoms with Crippen molar-refractivity contribution >= 4 is 23.2 Å². The average Bonchev–Trinajstić information content (AvgIpc) is 3.16. The van der Waals surface area contributed by atoms with Gasteiger partial charge in [-0.05, 0) is 55.8 Å². The van der Waals surface area contributed by atoms with Crippen molar-refractivity contribution in [3.63, 3.8) is 0 Å². The maximum Gasteiger partial charge on any atom is 0.295 e. The van der Waals surface area contributed by atoms with E-state index in [0.29, 0.717) is 16.5 Å². The number of carbonyl (C=O) groups excluding carboxylic acids is 1. The number of nitrogens with zero attached hydrogens (tertiary/aromatic N) is 3. The molecule has 0 aliphatic heterocycles. The van der Waals surface area contributed by atoms with Crippen LogP contribution in [0, 0.1) is 13.8 Å². The summed E-state index contributed by atoms with van der Waals surface area (Å²) in [7, 11) is 0. The van der Waals surface area contributed by atoms with Crippen LogP contribution in [0.1, 0.15) is 21.7 Å². The van der Waals surface area contributed by atoms with Crippen molar-refractivity contribution in [3.05, 3.63) is 94.8 Å². The van der Waals surface area contributed by atoms with Crippen LogP contribution in [0.3, 0.4) is 0 Å². The number of halogens is 1. The lowest BCUT2D eigenvalue weighted by Crippen LogP contribution is -2.14. The van der Waals surface area contributed by atoms with Gasteiger partial charge in [0.05, 0.1) is 5.69 Å². The number of aromatic nitrogens is 3. The molecule has 0 unspecified atom stereocenters. The van der Waals surface area contributed by atoms with Crippen molar-refractivity contribution in [2.75, 3.05) is 5.32 Å². The van der Waals surface area contributed by atoms with Crippen molar-refractivity contribution in [2.24, 2.45) is 0 Å². The predicted molar refractivity (Wildman–Crippen MR) is 116 cm³/mol. The zero-order valence-electron chi connectivity index (χ0n) is 16.1. The van der Waals surface area contributed by atoms with Gasteiger partial charge in [-0.25, -0.2) is 9.67 Å². The van der Waals surface area contributed by atoms with E-state index in [-0.39, 0.29) is 11.7 Å². The Kier molecular flexibility index (Phi) is 5.14. The molecule has 0 aliphatic rings. The largest absolute Gasteiger partial charge is 0.319 e. The molecule has 0 saturated carbocycles. The molecule has 4 aromatic rings. The topological polar surface area (TPSA) is 59.8 Å². The van der Waals surface area contributed by atoms with Crippen LogP contribution in [0.4, 0.5) is 5.69 Å². The van der Waals surface area contributed by atoms with Gasteiger partial charge in [0.15, 0.2) is 5.82 Å². The van der Waals surface area contributed by atoms with Crippen LogP contribution in [0.15, 0.2) is 72.8 Å². The summed E-state index contributed by atoms with van der Waals surface area (Å²) in [5.41, 5.74) is 4.60. The molecule has 0 atom stereocenters. The first-order chi connectivity index (χ1) is 14.0. The molecule has 6 heteroatoms. The van der Waals surface area contributed by atoms with E-state index in [1.54, 1.807) is 28.9 Å². The molecule has 0 bridgehead atoms. The van der Waals surface area contributed by atoms with Gasteiger partial charge in [0.2, 0.25) is 5.82 Å². The van der Waals surface area contributed by atoms with E-state index in [1.165, 1.54) is 0 Å². The minimum Gasteiger partial charge on any atom is -0.319 e. The summed E-state index contributed by atoms with van der Waals surface area (Å²) in [6.07, 6.45) is 0. The molecular formula is C23H19ClN4O. The Balaban J connectivity index is 1.75. The van der Waals surface area contributed by atoms with Crippen LogP contribution >= 0.6 is 11.6 Å². The zero-order valence-corrected chi connectivity index (χ0v) is 16.8. The normalized spacial score (nSPS) is 10.7. The second kappa shape index (κ2) is 7.89. The zero-order chi connectivity index (χ0) is 20.4. The third-order valence-electron chi connectivity index (χ3n) is 4.47. The van der Waals surface area contributed by atoms with Crippen LogP contribution in [0.5, 0.6) is 0 Å². The summed E-state index contributed by atoms with van der Waals surface area (Å²) in [5.74, 6) is 0.320. The fourth-order valence-electron chi connectivity index (χ4n) is 2.96. The summed E-state index contributed by atoms with van der Waals surface area (Å²) >= 11 is 5.91. The minimum absolute atomic E-state index is 0.0945. The number of benzene rings is 3. The number of carbonyl (C=O) groups is 1. The van der Waals surface area contributed by atoms with Crippen LogP contribution < -0.4 is 5.32 Å². The van der Waals surface area contributed by atoms with Crippen molar-refractivity contribution in [3.8, 4) is 17.1 Å². The van der Waals surface area contributed by atoms with Gasteiger partial charge in [-0.1, -0.05) is 53.6 Å². The van der Waals surface area contributed by atoms with E-state index >= 15 is 0 Å². The first kappa shape index (κ1) is 18.9. The molecule has 0 spiro atoms. The third-order valence-corrected chi connectivity index (χ3v) is 4.72. The van der Waals surface area contributed by atoms with Crippen LogP contribution in [0.25, 0.3) is 17.1 Å². The smallest absolute Gasteiger partial charge is 0.295 e. The molecule has 4 rings (SSSR count). The number of amides is 1. The fourth-order valence-corrected chi connectivity index (χ4v) is 3.08. The van der Waals surface area contributed by atoms with Crippen molar-refractivity contribution < 1.29 is 4.79 Å². The van der Waals surface area contributed by atoms with Crippen LogP contribution in [0.2, 0.25) is 5.02 Å². The second-order valence-electron chi connectivity index (χ2n) is 6.84. The highest BCUT2D eigenvalue weighted by Crippen LogP contribution is 2.23. The van der Waals surface area contributed by atoms with Gasteiger partial charge in [0, 0.05) is 16.3 Å².